The number of morpholine rings is 1. The minimum absolute atomic E-state index is 0.111. The van der Waals surface area contributed by atoms with Gasteiger partial charge in [0.15, 0.2) is 0 Å². The van der Waals surface area contributed by atoms with Crippen LogP contribution >= 0.6 is 27.5 Å². The first-order chi connectivity index (χ1) is 7.46. The lowest BCUT2D eigenvalue weighted by molar-refractivity contribution is -0.0276. The lowest BCUT2D eigenvalue weighted by Crippen LogP contribution is -2.48. The Balaban J connectivity index is 2.23. The SMILES string of the molecule is CC1(C)CN(c2cc(Cl)nc(Br)c2)CCO1. The summed E-state index contributed by atoms with van der Waals surface area (Å²) in [6.07, 6.45) is 0. The first-order valence-corrected chi connectivity index (χ1v) is 6.35. The molecule has 1 aromatic heterocycles. The fraction of sp³-hybridized carbons (Fsp3) is 0.545. The highest BCUT2D eigenvalue weighted by molar-refractivity contribution is 9.10. The third-order valence-electron chi connectivity index (χ3n) is 2.54. The number of aromatic nitrogens is 1. The van der Waals surface area contributed by atoms with E-state index in [2.05, 4.69) is 39.7 Å². The Morgan fingerprint density at radius 1 is 1.50 bits per heavy atom. The van der Waals surface area contributed by atoms with Crippen molar-refractivity contribution in [1.29, 1.82) is 0 Å². The maximum atomic E-state index is 5.94. The van der Waals surface area contributed by atoms with E-state index in [1.165, 1.54) is 0 Å². The number of halogens is 2. The van der Waals surface area contributed by atoms with Gasteiger partial charge in [-0.2, -0.15) is 0 Å². The summed E-state index contributed by atoms with van der Waals surface area (Å²) < 4.78 is 6.44. The minimum Gasteiger partial charge on any atom is -0.372 e. The lowest BCUT2D eigenvalue weighted by Gasteiger charge is -2.39. The Kier molecular flexibility index (Phi) is 3.42. The number of ether oxygens (including phenoxy) is 1. The van der Waals surface area contributed by atoms with Crippen molar-refractivity contribution < 1.29 is 4.74 Å². The summed E-state index contributed by atoms with van der Waals surface area (Å²) in [6.45, 7) is 6.68. The highest BCUT2D eigenvalue weighted by atomic mass is 79.9. The van der Waals surface area contributed by atoms with Crippen molar-refractivity contribution in [1.82, 2.24) is 4.98 Å². The number of rotatable bonds is 1. The molecule has 0 unspecified atom stereocenters. The maximum Gasteiger partial charge on any atom is 0.132 e. The van der Waals surface area contributed by atoms with Gasteiger partial charge in [-0.05, 0) is 41.9 Å². The Morgan fingerprint density at radius 2 is 2.25 bits per heavy atom. The summed E-state index contributed by atoms with van der Waals surface area (Å²) in [5, 5.41) is 0.508. The predicted octanol–water partition coefficient (Wildman–Crippen LogP) is 3.11. The zero-order chi connectivity index (χ0) is 11.8. The number of anilines is 1. The molecule has 0 amide bonds. The molecule has 0 atom stereocenters. The lowest BCUT2D eigenvalue weighted by atomic mass is 10.1. The van der Waals surface area contributed by atoms with Crippen molar-refractivity contribution in [3.8, 4) is 0 Å². The molecule has 0 saturated carbocycles. The molecule has 0 aliphatic carbocycles. The van der Waals surface area contributed by atoms with Gasteiger partial charge in [0.05, 0.1) is 12.2 Å². The van der Waals surface area contributed by atoms with Gasteiger partial charge in [0.1, 0.15) is 9.76 Å². The second kappa shape index (κ2) is 4.51. The van der Waals surface area contributed by atoms with Crippen molar-refractivity contribution in [2.75, 3.05) is 24.6 Å². The molecule has 1 aliphatic rings. The summed E-state index contributed by atoms with van der Waals surface area (Å²) >= 11 is 9.30. The molecule has 88 valence electrons. The van der Waals surface area contributed by atoms with Crippen LogP contribution < -0.4 is 4.90 Å². The zero-order valence-corrected chi connectivity index (χ0v) is 11.7. The smallest absolute Gasteiger partial charge is 0.132 e. The van der Waals surface area contributed by atoms with Crippen LogP contribution in [0.5, 0.6) is 0 Å². The molecule has 3 nitrogen and oxygen atoms in total. The summed E-state index contributed by atoms with van der Waals surface area (Å²) in [5.74, 6) is 0. The number of pyridine rings is 1. The maximum absolute atomic E-state index is 5.94. The average molecular weight is 306 g/mol. The van der Waals surface area contributed by atoms with E-state index in [-0.39, 0.29) is 5.60 Å². The number of nitrogens with zero attached hydrogens (tertiary/aromatic N) is 2. The molecular formula is C11H14BrClN2O. The van der Waals surface area contributed by atoms with Crippen LogP contribution in [0.3, 0.4) is 0 Å². The average Bonchev–Trinajstić information content (AvgIpc) is 2.14. The van der Waals surface area contributed by atoms with Crippen LogP contribution in [-0.4, -0.2) is 30.3 Å². The van der Waals surface area contributed by atoms with E-state index in [0.717, 1.165) is 30.0 Å². The Morgan fingerprint density at radius 3 is 2.88 bits per heavy atom. The summed E-state index contributed by atoms with van der Waals surface area (Å²) in [7, 11) is 0. The van der Waals surface area contributed by atoms with E-state index in [1.807, 2.05) is 12.1 Å². The third kappa shape index (κ3) is 2.87. The molecule has 5 heteroatoms. The predicted molar refractivity (Wildman–Crippen MR) is 69.2 cm³/mol. The van der Waals surface area contributed by atoms with Gasteiger partial charge < -0.3 is 9.64 Å². The Labute approximate surface area is 109 Å². The normalized spacial score (nSPS) is 19.9. The number of hydrogen-bond donors (Lipinski definition) is 0. The Hall–Kier alpha value is -0.320. The standard InChI is InChI=1S/C11H14BrClN2O/c1-11(2)7-15(3-4-16-11)8-5-9(12)14-10(13)6-8/h5-6H,3-4,7H2,1-2H3. The van der Waals surface area contributed by atoms with Gasteiger partial charge in [-0.1, -0.05) is 11.6 Å². The summed E-state index contributed by atoms with van der Waals surface area (Å²) in [4.78, 5) is 6.36. The highest BCUT2D eigenvalue weighted by Gasteiger charge is 2.27. The van der Waals surface area contributed by atoms with E-state index < -0.39 is 0 Å². The molecule has 0 aromatic carbocycles. The van der Waals surface area contributed by atoms with Gasteiger partial charge in [0.25, 0.3) is 0 Å². The second-order valence-electron chi connectivity index (χ2n) is 4.50. The molecule has 0 spiro atoms. The molecule has 2 rings (SSSR count). The van der Waals surface area contributed by atoms with E-state index in [4.69, 9.17) is 16.3 Å². The van der Waals surface area contributed by atoms with Gasteiger partial charge in [-0.25, -0.2) is 4.98 Å². The van der Waals surface area contributed by atoms with Crippen LogP contribution in [0.2, 0.25) is 5.15 Å². The summed E-state index contributed by atoms with van der Waals surface area (Å²) in [5.41, 5.74) is 0.976. The topological polar surface area (TPSA) is 25.4 Å². The fourth-order valence-electron chi connectivity index (χ4n) is 1.87. The monoisotopic (exact) mass is 304 g/mol. The van der Waals surface area contributed by atoms with E-state index in [1.54, 1.807) is 0 Å². The van der Waals surface area contributed by atoms with Crippen molar-refractivity contribution in [2.45, 2.75) is 19.4 Å². The van der Waals surface area contributed by atoms with Crippen molar-refractivity contribution in [3.05, 3.63) is 21.9 Å². The first-order valence-electron chi connectivity index (χ1n) is 5.18. The molecule has 1 fully saturated rings. The van der Waals surface area contributed by atoms with E-state index in [9.17, 15) is 0 Å². The fourth-order valence-corrected chi connectivity index (χ4v) is 2.60. The molecule has 1 aromatic rings. The van der Waals surface area contributed by atoms with Gasteiger partial charge >= 0.3 is 0 Å². The van der Waals surface area contributed by atoms with Crippen molar-refractivity contribution in [3.63, 3.8) is 0 Å². The molecule has 0 N–H and O–H groups in total. The Bertz CT molecular complexity index is 377. The quantitative estimate of drug-likeness (QED) is 0.746. The van der Waals surface area contributed by atoms with Gasteiger partial charge in [-0.3, -0.25) is 0 Å². The van der Waals surface area contributed by atoms with E-state index in [0.29, 0.717) is 5.15 Å². The van der Waals surface area contributed by atoms with Crippen LogP contribution in [0.1, 0.15) is 13.8 Å². The third-order valence-corrected chi connectivity index (χ3v) is 3.14. The number of hydrogen-bond acceptors (Lipinski definition) is 3. The zero-order valence-electron chi connectivity index (χ0n) is 9.33. The largest absolute Gasteiger partial charge is 0.372 e. The van der Waals surface area contributed by atoms with Gasteiger partial charge in [0, 0.05) is 18.8 Å². The van der Waals surface area contributed by atoms with Crippen LogP contribution in [0, 0.1) is 0 Å². The van der Waals surface area contributed by atoms with Crippen molar-refractivity contribution >= 4 is 33.2 Å². The molecule has 0 bridgehead atoms. The van der Waals surface area contributed by atoms with Crippen LogP contribution in [0.25, 0.3) is 0 Å². The summed E-state index contributed by atoms with van der Waals surface area (Å²) in [6, 6.07) is 3.86. The van der Waals surface area contributed by atoms with Gasteiger partial charge in [0.2, 0.25) is 0 Å². The minimum atomic E-state index is -0.111. The molecule has 1 saturated heterocycles. The molecule has 16 heavy (non-hydrogen) atoms. The van der Waals surface area contributed by atoms with Crippen molar-refractivity contribution in [2.24, 2.45) is 0 Å². The van der Waals surface area contributed by atoms with Crippen LogP contribution in [0.15, 0.2) is 16.7 Å². The van der Waals surface area contributed by atoms with E-state index >= 15 is 0 Å². The van der Waals surface area contributed by atoms with Crippen LogP contribution in [-0.2, 0) is 4.74 Å². The highest BCUT2D eigenvalue weighted by Crippen LogP contribution is 2.26. The molecule has 1 aliphatic heterocycles. The van der Waals surface area contributed by atoms with Gasteiger partial charge in [-0.15, -0.1) is 0 Å². The van der Waals surface area contributed by atoms with Crippen LogP contribution in [0.4, 0.5) is 5.69 Å². The molecule has 2 heterocycles. The first kappa shape index (κ1) is 12.1. The molecular weight excluding hydrogens is 291 g/mol. The second-order valence-corrected chi connectivity index (χ2v) is 5.70. The molecule has 0 radical (unpaired) electrons.